The first-order valence-electron chi connectivity index (χ1n) is 11.0. The number of fused-ring (bicyclic) bond motifs is 3. The normalized spacial score (nSPS) is 13.0. The molecule has 0 unspecified atom stereocenters. The lowest BCUT2D eigenvalue weighted by atomic mass is 10.1. The van der Waals surface area contributed by atoms with E-state index in [0.717, 1.165) is 18.2 Å². The van der Waals surface area contributed by atoms with Gasteiger partial charge in [-0.2, -0.15) is 4.52 Å². The van der Waals surface area contributed by atoms with E-state index in [2.05, 4.69) is 30.4 Å². The van der Waals surface area contributed by atoms with Gasteiger partial charge in [0.1, 0.15) is 17.6 Å². The quantitative estimate of drug-likeness (QED) is 0.386. The number of nitrogens with one attached hydrogen (secondary N) is 2. The molecular formula is C22H20F4N6O2. The van der Waals surface area contributed by atoms with Gasteiger partial charge >= 0.3 is 6.36 Å². The first kappa shape index (κ1) is 21.9. The Balaban J connectivity index is 1.89. The molecule has 0 bridgehead atoms. The molecule has 2 heterocycles. The van der Waals surface area contributed by atoms with Gasteiger partial charge in [-0.05, 0) is 36.8 Å². The van der Waals surface area contributed by atoms with Crippen molar-refractivity contribution in [3.05, 3.63) is 48.3 Å². The van der Waals surface area contributed by atoms with Crippen LogP contribution in [-0.2, 0) is 4.79 Å². The van der Waals surface area contributed by atoms with Crippen molar-refractivity contribution in [3.63, 3.8) is 0 Å². The Labute approximate surface area is 192 Å². The highest BCUT2D eigenvalue weighted by Crippen LogP contribution is 2.34. The Morgan fingerprint density at radius 2 is 2.03 bits per heavy atom. The van der Waals surface area contributed by atoms with Gasteiger partial charge in [0, 0.05) is 13.8 Å². The van der Waals surface area contributed by atoms with Crippen LogP contribution < -0.4 is 15.4 Å². The number of alkyl halides is 3. The predicted octanol–water partition coefficient (Wildman–Crippen LogP) is 4.31. The Bertz CT molecular complexity index is 1380. The van der Waals surface area contributed by atoms with Crippen LogP contribution in [0.1, 0.15) is 21.1 Å². The van der Waals surface area contributed by atoms with Crippen molar-refractivity contribution in [1.29, 1.82) is 0 Å². The highest BCUT2D eigenvalue weighted by atomic mass is 19.4. The molecule has 2 N–H and O–H groups in total. The number of ether oxygens (including phenoxy) is 1. The van der Waals surface area contributed by atoms with Crippen LogP contribution in [-0.4, -0.2) is 44.9 Å². The molecule has 0 radical (unpaired) electrons. The number of hydrogen-bond acceptors (Lipinski definition) is 6. The second-order valence-electron chi connectivity index (χ2n) is 7.34. The molecule has 0 aliphatic heterocycles. The van der Waals surface area contributed by atoms with Crippen molar-refractivity contribution in [2.45, 2.75) is 32.2 Å². The number of halogens is 4. The van der Waals surface area contributed by atoms with E-state index in [1.54, 1.807) is 24.3 Å². The molecule has 0 saturated heterocycles. The van der Waals surface area contributed by atoms with Crippen molar-refractivity contribution < 1.29 is 28.5 Å². The molecule has 0 saturated carbocycles. The van der Waals surface area contributed by atoms with Crippen molar-refractivity contribution in [1.82, 2.24) is 24.9 Å². The van der Waals surface area contributed by atoms with E-state index >= 15 is 0 Å². The van der Waals surface area contributed by atoms with Gasteiger partial charge in [0.2, 0.25) is 11.9 Å². The van der Waals surface area contributed by atoms with E-state index in [1.807, 2.05) is 6.92 Å². The Kier molecular flexibility index (Phi) is 5.86. The number of carbonyl (C=O) groups is 1. The van der Waals surface area contributed by atoms with Gasteiger partial charge < -0.3 is 15.4 Å². The second-order valence-corrected chi connectivity index (χ2v) is 7.34. The number of hydrogen-bond donors (Lipinski definition) is 2. The Morgan fingerprint density at radius 1 is 1.24 bits per heavy atom. The molecule has 34 heavy (non-hydrogen) atoms. The third kappa shape index (κ3) is 4.70. The molecule has 2 aromatic heterocycles. The van der Waals surface area contributed by atoms with Crippen molar-refractivity contribution >= 4 is 28.4 Å². The molecule has 1 atom stereocenters. The fraction of sp³-hybridized carbons (Fsp3) is 0.273. The zero-order valence-corrected chi connectivity index (χ0v) is 17.9. The summed E-state index contributed by atoms with van der Waals surface area (Å²) in [6, 6.07) is 8.65. The van der Waals surface area contributed by atoms with Gasteiger partial charge in [-0.3, -0.25) is 4.79 Å². The Hall–Kier alpha value is -3.96. The fourth-order valence-corrected chi connectivity index (χ4v) is 3.49. The van der Waals surface area contributed by atoms with Crippen LogP contribution in [0.15, 0.2) is 42.5 Å². The molecule has 178 valence electrons. The van der Waals surface area contributed by atoms with Gasteiger partial charge in [0.25, 0.3) is 0 Å². The molecule has 0 spiro atoms. The van der Waals surface area contributed by atoms with Gasteiger partial charge in [-0.15, -0.1) is 18.3 Å². The standard InChI is InChI=1S/C22H20F4N6O2/c1-3-6-16(20(33)27-2)29-21-28-15-8-5-4-7-13(15)19-30-18(31-32(19)21)14-11-12(23)9-10-17(14)34-22(24,25)26/h4-5,7-11,16H,3,6H2,1-2H3,(H,27,33)(H,28,29)/t16-/m0/s1/i2D. The van der Waals surface area contributed by atoms with Crippen molar-refractivity contribution in [3.8, 4) is 17.1 Å². The zero-order chi connectivity index (χ0) is 25.2. The summed E-state index contributed by atoms with van der Waals surface area (Å²) in [5, 5.41) is 10.2. The summed E-state index contributed by atoms with van der Waals surface area (Å²) in [5.74, 6) is -2.01. The lowest BCUT2D eigenvalue weighted by Gasteiger charge is -2.17. The summed E-state index contributed by atoms with van der Waals surface area (Å²) in [7, 11) is -0.309. The Morgan fingerprint density at radius 3 is 2.76 bits per heavy atom. The van der Waals surface area contributed by atoms with E-state index in [-0.39, 0.29) is 30.0 Å². The lowest BCUT2D eigenvalue weighted by molar-refractivity contribution is -0.274. The van der Waals surface area contributed by atoms with Crippen LogP contribution in [0.25, 0.3) is 27.9 Å². The lowest BCUT2D eigenvalue weighted by Crippen LogP contribution is -2.38. The fourth-order valence-electron chi connectivity index (χ4n) is 3.49. The third-order valence-electron chi connectivity index (χ3n) is 4.96. The number of aromatic nitrogens is 4. The molecule has 4 aromatic rings. The largest absolute Gasteiger partial charge is 0.573 e. The first-order chi connectivity index (χ1) is 16.7. The number of nitrogens with zero attached hydrogens (tertiary/aromatic N) is 4. The number of carbonyl (C=O) groups excluding carboxylic acids is 1. The number of anilines is 1. The highest BCUT2D eigenvalue weighted by molar-refractivity contribution is 5.93. The summed E-state index contributed by atoms with van der Waals surface area (Å²) in [5.41, 5.74) is 0.410. The van der Waals surface area contributed by atoms with E-state index in [1.165, 1.54) is 4.52 Å². The van der Waals surface area contributed by atoms with E-state index in [0.29, 0.717) is 23.7 Å². The molecule has 0 fully saturated rings. The van der Waals surface area contributed by atoms with Gasteiger partial charge in [-0.1, -0.05) is 25.5 Å². The van der Waals surface area contributed by atoms with Gasteiger partial charge in [0.05, 0.1) is 11.1 Å². The smallest absolute Gasteiger partial charge is 0.405 e. The third-order valence-corrected chi connectivity index (χ3v) is 4.96. The number of benzene rings is 2. The molecule has 0 aliphatic carbocycles. The predicted molar refractivity (Wildman–Crippen MR) is 117 cm³/mol. The molecule has 2 aromatic carbocycles. The van der Waals surface area contributed by atoms with Crippen molar-refractivity contribution in [2.24, 2.45) is 0 Å². The van der Waals surface area contributed by atoms with Crippen molar-refractivity contribution in [2.75, 3.05) is 12.3 Å². The molecule has 8 nitrogen and oxygen atoms in total. The van der Waals surface area contributed by atoms with Gasteiger partial charge in [0.15, 0.2) is 11.5 Å². The van der Waals surface area contributed by atoms with E-state index in [4.69, 9.17) is 1.37 Å². The summed E-state index contributed by atoms with van der Waals surface area (Å²) >= 11 is 0. The van der Waals surface area contributed by atoms with Crippen LogP contribution >= 0.6 is 0 Å². The minimum atomic E-state index is -5.01. The minimum absolute atomic E-state index is 0.103. The summed E-state index contributed by atoms with van der Waals surface area (Å²) < 4.78 is 65.3. The minimum Gasteiger partial charge on any atom is -0.405 e. The molecule has 4 rings (SSSR count). The maximum Gasteiger partial charge on any atom is 0.573 e. The highest BCUT2D eigenvalue weighted by Gasteiger charge is 2.33. The average Bonchev–Trinajstić information content (AvgIpc) is 3.25. The van der Waals surface area contributed by atoms with E-state index < -0.39 is 29.9 Å². The summed E-state index contributed by atoms with van der Waals surface area (Å²) in [6.45, 7) is 1.88. The molecular weight excluding hydrogens is 456 g/mol. The van der Waals surface area contributed by atoms with Crippen LogP contribution in [0.2, 0.25) is 0 Å². The molecule has 0 aliphatic rings. The maximum atomic E-state index is 14.0. The van der Waals surface area contributed by atoms with Crippen LogP contribution in [0, 0.1) is 5.82 Å². The summed E-state index contributed by atoms with van der Waals surface area (Å²) in [6.07, 6.45) is -3.95. The van der Waals surface area contributed by atoms with Gasteiger partial charge in [-0.25, -0.2) is 14.4 Å². The number of rotatable bonds is 7. The topological polar surface area (TPSA) is 93.4 Å². The molecule has 1 amide bonds. The number of para-hydroxylation sites is 1. The van der Waals surface area contributed by atoms with Crippen LogP contribution in [0.3, 0.4) is 0 Å². The first-order valence-corrected chi connectivity index (χ1v) is 10.2. The van der Waals surface area contributed by atoms with E-state index in [9.17, 15) is 22.4 Å². The van der Waals surface area contributed by atoms with Crippen LogP contribution in [0.4, 0.5) is 23.5 Å². The number of amides is 1. The van der Waals surface area contributed by atoms with Crippen LogP contribution in [0.5, 0.6) is 5.75 Å². The monoisotopic (exact) mass is 477 g/mol. The zero-order valence-electron chi connectivity index (χ0n) is 18.9. The summed E-state index contributed by atoms with van der Waals surface area (Å²) in [4.78, 5) is 21.3. The second kappa shape index (κ2) is 9.12. The maximum absolute atomic E-state index is 14.0. The SMILES string of the molecule is [2H]CNC(=O)[C@H](CCC)Nc1nc2ccccc2c2nc(-c3cc(F)ccc3OC(F)(F)F)nn12. The average molecular weight is 477 g/mol. The molecule has 12 heteroatoms. The number of likely N-dealkylation sites (N-methyl/N-ethyl adjacent to an activating group) is 1.